The fraction of sp³-hybridized carbons (Fsp3) is 0.100. The predicted octanol–water partition coefficient (Wildman–Crippen LogP) is 2.49. The highest BCUT2D eigenvalue weighted by Crippen LogP contribution is 2.28. The van der Waals surface area contributed by atoms with Crippen molar-refractivity contribution in [3.8, 4) is 0 Å². The van der Waals surface area contributed by atoms with Crippen molar-refractivity contribution in [3.63, 3.8) is 0 Å². The quantitative estimate of drug-likeness (QED) is 0.634. The molecule has 0 saturated carbocycles. The van der Waals surface area contributed by atoms with Gasteiger partial charge in [0, 0.05) is 12.2 Å². The molecule has 0 radical (unpaired) electrons. The van der Waals surface area contributed by atoms with Gasteiger partial charge in [-0.15, -0.1) is 6.58 Å². The van der Waals surface area contributed by atoms with E-state index in [0.717, 1.165) is 0 Å². The molecule has 0 bridgehead atoms. The second-order valence-corrected chi connectivity index (χ2v) is 3.65. The molecular weight excluding hydrogens is 235 g/mol. The van der Waals surface area contributed by atoms with Crippen LogP contribution >= 0.6 is 23.2 Å². The minimum absolute atomic E-state index is 0.201. The number of nitrogens with one attached hydrogen (secondary N) is 1. The van der Waals surface area contributed by atoms with E-state index in [2.05, 4.69) is 11.9 Å². The zero-order valence-corrected chi connectivity index (χ0v) is 9.40. The van der Waals surface area contributed by atoms with Crippen LogP contribution in [0.2, 0.25) is 10.0 Å². The number of nitrogen functional groups attached to an aromatic ring is 1. The molecule has 0 aliphatic rings. The van der Waals surface area contributed by atoms with Crippen molar-refractivity contribution in [1.82, 2.24) is 5.32 Å². The van der Waals surface area contributed by atoms with Crippen molar-refractivity contribution in [3.05, 3.63) is 40.4 Å². The van der Waals surface area contributed by atoms with Crippen LogP contribution < -0.4 is 11.1 Å². The Kier molecular flexibility index (Phi) is 4.00. The average molecular weight is 245 g/mol. The number of rotatable bonds is 3. The summed E-state index contributed by atoms with van der Waals surface area (Å²) in [7, 11) is 0. The zero-order chi connectivity index (χ0) is 11.4. The zero-order valence-electron chi connectivity index (χ0n) is 7.89. The van der Waals surface area contributed by atoms with Gasteiger partial charge < -0.3 is 11.1 Å². The number of amides is 1. The van der Waals surface area contributed by atoms with Gasteiger partial charge in [-0.3, -0.25) is 4.79 Å². The van der Waals surface area contributed by atoms with Crippen LogP contribution in [-0.4, -0.2) is 12.5 Å². The first-order valence-corrected chi connectivity index (χ1v) is 4.95. The molecule has 0 fully saturated rings. The van der Waals surface area contributed by atoms with E-state index < -0.39 is 0 Å². The van der Waals surface area contributed by atoms with E-state index in [1.165, 1.54) is 12.1 Å². The molecule has 80 valence electrons. The molecule has 5 heteroatoms. The minimum Gasteiger partial charge on any atom is -0.399 e. The summed E-state index contributed by atoms with van der Waals surface area (Å²) >= 11 is 11.6. The Balaban J connectivity index is 3.02. The number of benzene rings is 1. The predicted molar refractivity (Wildman–Crippen MR) is 63.4 cm³/mol. The van der Waals surface area contributed by atoms with E-state index in [1.807, 2.05) is 0 Å². The van der Waals surface area contributed by atoms with Crippen LogP contribution in [0.25, 0.3) is 0 Å². The van der Waals surface area contributed by atoms with E-state index in [0.29, 0.717) is 12.2 Å². The number of hydrogen-bond acceptors (Lipinski definition) is 2. The minimum atomic E-state index is -0.325. The summed E-state index contributed by atoms with van der Waals surface area (Å²) in [5.41, 5.74) is 6.22. The molecule has 1 aromatic rings. The van der Waals surface area contributed by atoms with Gasteiger partial charge in [0.25, 0.3) is 5.91 Å². The topological polar surface area (TPSA) is 55.1 Å². The first-order valence-electron chi connectivity index (χ1n) is 4.20. The summed E-state index contributed by atoms with van der Waals surface area (Å²) in [5, 5.41) is 3.05. The summed E-state index contributed by atoms with van der Waals surface area (Å²) in [5.74, 6) is -0.325. The summed E-state index contributed by atoms with van der Waals surface area (Å²) in [4.78, 5) is 11.6. The molecule has 0 unspecified atom stereocenters. The summed E-state index contributed by atoms with van der Waals surface area (Å²) < 4.78 is 0. The van der Waals surface area contributed by atoms with Gasteiger partial charge >= 0.3 is 0 Å². The van der Waals surface area contributed by atoms with Gasteiger partial charge in [0.2, 0.25) is 0 Å². The van der Waals surface area contributed by atoms with Crippen LogP contribution in [0, 0.1) is 0 Å². The fourth-order valence-electron chi connectivity index (χ4n) is 1.04. The number of halogens is 2. The van der Waals surface area contributed by atoms with Crippen LogP contribution in [0.3, 0.4) is 0 Å². The smallest absolute Gasteiger partial charge is 0.253 e. The largest absolute Gasteiger partial charge is 0.399 e. The average Bonchev–Trinajstić information content (AvgIpc) is 2.19. The van der Waals surface area contributed by atoms with Crippen molar-refractivity contribution in [2.45, 2.75) is 0 Å². The molecule has 0 saturated heterocycles. The van der Waals surface area contributed by atoms with Gasteiger partial charge in [-0.05, 0) is 12.1 Å². The molecule has 0 aliphatic heterocycles. The molecule has 0 spiro atoms. The fourth-order valence-corrected chi connectivity index (χ4v) is 1.46. The Morgan fingerprint density at radius 2 is 2.20 bits per heavy atom. The molecule has 0 aliphatic carbocycles. The first kappa shape index (κ1) is 11.9. The van der Waals surface area contributed by atoms with Gasteiger partial charge in [0.15, 0.2) is 0 Å². The Morgan fingerprint density at radius 1 is 1.53 bits per heavy atom. The third-order valence-electron chi connectivity index (χ3n) is 1.70. The Bertz CT molecular complexity index is 405. The Morgan fingerprint density at radius 3 is 2.80 bits per heavy atom. The number of carbonyl (C=O) groups excluding carboxylic acids is 1. The third kappa shape index (κ3) is 2.88. The lowest BCUT2D eigenvalue weighted by Gasteiger charge is -2.07. The highest BCUT2D eigenvalue weighted by Gasteiger charge is 2.13. The molecule has 1 amide bonds. The van der Waals surface area contributed by atoms with Crippen molar-refractivity contribution in [2.75, 3.05) is 12.3 Å². The van der Waals surface area contributed by atoms with Crippen LogP contribution in [-0.2, 0) is 0 Å². The molecular formula is C10H10Cl2N2O. The van der Waals surface area contributed by atoms with Crippen LogP contribution in [0.15, 0.2) is 24.8 Å². The second-order valence-electron chi connectivity index (χ2n) is 2.86. The summed E-state index contributed by atoms with van der Waals surface area (Å²) in [6.45, 7) is 3.85. The molecule has 0 aromatic heterocycles. The van der Waals surface area contributed by atoms with Gasteiger partial charge in [0.1, 0.15) is 0 Å². The lowest BCUT2D eigenvalue weighted by molar-refractivity contribution is 0.0958. The standard InChI is InChI=1S/C10H10Cl2N2O/c1-2-3-14-10(15)7-4-6(13)5-8(11)9(7)12/h2,4-5H,1,3,13H2,(H,14,15). The van der Waals surface area contributed by atoms with E-state index in [9.17, 15) is 4.79 Å². The van der Waals surface area contributed by atoms with Crippen molar-refractivity contribution < 1.29 is 4.79 Å². The van der Waals surface area contributed by atoms with Crippen molar-refractivity contribution >= 4 is 34.8 Å². The second kappa shape index (κ2) is 5.05. The van der Waals surface area contributed by atoms with Gasteiger partial charge in [-0.1, -0.05) is 29.3 Å². The molecule has 1 aromatic carbocycles. The summed E-state index contributed by atoms with van der Waals surface area (Å²) in [6.07, 6.45) is 1.57. The maximum absolute atomic E-state index is 11.6. The lowest BCUT2D eigenvalue weighted by atomic mass is 10.2. The highest BCUT2D eigenvalue weighted by molar-refractivity contribution is 6.44. The van der Waals surface area contributed by atoms with Crippen LogP contribution in [0.5, 0.6) is 0 Å². The molecule has 0 atom stereocenters. The lowest BCUT2D eigenvalue weighted by Crippen LogP contribution is -2.23. The molecule has 0 heterocycles. The number of carbonyl (C=O) groups is 1. The number of hydrogen-bond donors (Lipinski definition) is 2. The Hall–Kier alpha value is -1.19. The summed E-state index contributed by atoms with van der Waals surface area (Å²) in [6, 6.07) is 2.97. The van der Waals surface area contributed by atoms with Gasteiger partial charge in [-0.2, -0.15) is 0 Å². The molecule has 1 rings (SSSR count). The number of anilines is 1. The van der Waals surface area contributed by atoms with Crippen LogP contribution in [0.1, 0.15) is 10.4 Å². The number of nitrogens with two attached hydrogens (primary N) is 1. The van der Waals surface area contributed by atoms with Gasteiger partial charge in [-0.25, -0.2) is 0 Å². The van der Waals surface area contributed by atoms with Crippen LogP contribution in [0.4, 0.5) is 5.69 Å². The Labute approximate surface area is 97.9 Å². The first-order chi connectivity index (χ1) is 7.06. The van der Waals surface area contributed by atoms with Crippen molar-refractivity contribution in [1.29, 1.82) is 0 Å². The van der Waals surface area contributed by atoms with E-state index in [-0.39, 0.29) is 21.5 Å². The maximum atomic E-state index is 11.6. The van der Waals surface area contributed by atoms with Gasteiger partial charge in [0.05, 0.1) is 15.6 Å². The molecule has 15 heavy (non-hydrogen) atoms. The molecule has 3 nitrogen and oxygen atoms in total. The SMILES string of the molecule is C=CCNC(=O)c1cc(N)cc(Cl)c1Cl. The molecule has 3 N–H and O–H groups in total. The van der Waals surface area contributed by atoms with E-state index in [1.54, 1.807) is 6.08 Å². The normalized spacial score (nSPS) is 9.73. The monoisotopic (exact) mass is 244 g/mol. The van der Waals surface area contributed by atoms with E-state index in [4.69, 9.17) is 28.9 Å². The van der Waals surface area contributed by atoms with Crippen molar-refractivity contribution in [2.24, 2.45) is 0 Å². The third-order valence-corrected chi connectivity index (χ3v) is 2.50. The maximum Gasteiger partial charge on any atom is 0.253 e. The van der Waals surface area contributed by atoms with E-state index >= 15 is 0 Å². The highest BCUT2D eigenvalue weighted by atomic mass is 35.5.